The van der Waals surface area contributed by atoms with Crippen molar-refractivity contribution in [1.82, 2.24) is 4.98 Å². The Bertz CT molecular complexity index is 689. The van der Waals surface area contributed by atoms with Crippen LogP contribution in [0.25, 0.3) is 0 Å². The van der Waals surface area contributed by atoms with Crippen molar-refractivity contribution in [1.29, 1.82) is 0 Å². The van der Waals surface area contributed by atoms with Crippen LogP contribution in [0.1, 0.15) is 30.6 Å². The first-order valence-electron chi connectivity index (χ1n) is 7.42. The van der Waals surface area contributed by atoms with Crippen LogP contribution in [-0.2, 0) is 0 Å². The fourth-order valence-corrected chi connectivity index (χ4v) is 2.40. The fourth-order valence-electron chi connectivity index (χ4n) is 1.94. The summed E-state index contributed by atoms with van der Waals surface area (Å²) in [6, 6.07) is 8.32. The number of hydrogen-bond acceptors (Lipinski definition) is 3. The summed E-state index contributed by atoms with van der Waals surface area (Å²) < 4.78 is 0. The highest BCUT2D eigenvalue weighted by Crippen LogP contribution is 2.25. The van der Waals surface area contributed by atoms with Crippen molar-refractivity contribution < 1.29 is 4.79 Å². The van der Waals surface area contributed by atoms with E-state index in [1.54, 1.807) is 36.5 Å². The maximum absolute atomic E-state index is 12.3. The van der Waals surface area contributed by atoms with Crippen LogP contribution in [0.3, 0.4) is 0 Å². The van der Waals surface area contributed by atoms with E-state index in [4.69, 9.17) is 23.2 Å². The van der Waals surface area contributed by atoms with Crippen LogP contribution in [0.5, 0.6) is 0 Å². The molecule has 1 aromatic carbocycles. The molecule has 0 radical (unpaired) electrons. The van der Waals surface area contributed by atoms with Gasteiger partial charge in [-0.2, -0.15) is 0 Å². The Hall–Kier alpha value is -1.78. The number of carbonyl (C=O) groups excluding carboxylic acids is 1. The minimum atomic E-state index is -0.247. The molecule has 0 unspecified atom stereocenters. The monoisotopic (exact) mass is 351 g/mol. The van der Waals surface area contributed by atoms with Crippen LogP contribution in [0.4, 0.5) is 11.5 Å². The molecule has 1 amide bonds. The van der Waals surface area contributed by atoms with Crippen LogP contribution >= 0.6 is 23.2 Å². The number of amides is 1. The lowest BCUT2D eigenvalue weighted by atomic mass is 10.1. The maximum atomic E-state index is 12.3. The molecule has 0 aliphatic rings. The highest BCUT2D eigenvalue weighted by Gasteiger charge is 2.10. The van der Waals surface area contributed by atoms with E-state index in [0.29, 0.717) is 33.0 Å². The van der Waals surface area contributed by atoms with Crippen LogP contribution < -0.4 is 10.6 Å². The zero-order valence-corrected chi connectivity index (χ0v) is 14.6. The number of pyridine rings is 1. The number of nitrogens with zero attached hydrogens (tertiary/aromatic N) is 1. The van der Waals surface area contributed by atoms with Crippen molar-refractivity contribution in [2.45, 2.75) is 20.3 Å². The van der Waals surface area contributed by atoms with Gasteiger partial charge in [0.15, 0.2) is 0 Å². The smallest absolute Gasteiger partial charge is 0.255 e. The number of anilines is 2. The molecule has 2 N–H and O–H groups in total. The van der Waals surface area contributed by atoms with Crippen LogP contribution in [0, 0.1) is 5.92 Å². The Balaban J connectivity index is 2.04. The van der Waals surface area contributed by atoms with Gasteiger partial charge in [-0.15, -0.1) is 0 Å². The van der Waals surface area contributed by atoms with Gasteiger partial charge in [-0.1, -0.05) is 37.0 Å². The molecule has 0 aliphatic heterocycles. The summed E-state index contributed by atoms with van der Waals surface area (Å²) in [6.07, 6.45) is 2.65. The highest BCUT2D eigenvalue weighted by atomic mass is 35.5. The Morgan fingerprint density at radius 2 is 2.00 bits per heavy atom. The summed E-state index contributed by atoms with van der Waals surface area (Å²) in [6.45, 7) is 5.14. The first kappa shape index (κ1) is 17.6. The van der Waals surface area contributed by atoms with Crippen molar-refractivity contribution in [2.24, 2.45) is 5.92 Å². The standard InChI is InChI=1S/C17H19Cl2N3O/c1-11(2)5-7-20-16-9-12(6-8-21-16)17(23)22-15-4-3-13(18)10-14(15)19/h3-4,6,8-11H,5,7H2,1-2H3,(H,20,21)(H,22,23). The lowest BCUT2D eigenvalue weighted by molar-refractivity contribution is 0.102. The van der Waals surface area contributed by atoms with Gasteiger partial charge in [0.25, 0.3) is 5.91 Å². The van der Waals surface area contributed by atoms with E-state index in [9.17, 15) is 4.79 Å². The molecule has 4 nitrogen and oxygen atoms in total. The molecule has 0 saturated carbocycles. The molecule has 0 spiro atoms. The number of hydrogen-bond donors (Lipinski definition) is 2. The molecule has 1 aromatic heterocycles. The molecule has 2 rings (SSSR count). The average Bonchev–Trinajstić information content (AvgIpc) is 2.50. The van der Waals surface area contributed by atoms with Gasteiger partial charge < -0.3 is 10.6 Å². The normalized spacial score (nSPS) is 10.7. The van der Waals surface area contributed by atoms with E-state index in [1.807, 2.05) is 0 Å². The van der Waals surface area contributed by atoms with E-state index >= 15 is 0 Å². The summed E-state index contributed by atoms with van der Waals surface area (Å²) in [5, 5.41) is 6.91. The topological polar surface area (TPSA) is 54.0 Å². The largest absolute Gasteiger partial charge is 0.370 e. The van der Waals surface area contributed by atoms with Gasteiger partial charge in [0.2, 0.25) is 0 Å². The summed E-state index contributed by atoms with van der Waals surface area (Å²) in [5.74, 6) is 1.05. The Labute approximate surface area is 146 Å². The Morgan fingerprint density at radius 1 is 1.22 bits per heavy atom. The van der Waals surface area contributed by atoms with Crippen molar-refractivity contribution in [3.63, 3.8) is 0 Å². The molecule has 122 valence electrons. The van der Waals surface area contributed by atoms with Crippen molar-refractivity contribution >= 4 is 40.6 Å². The molecule has 23 heavy (non-hydrogen) atoms. The number of benzene rings is 1. The van der Waals surface area contributed by atoms with Crippen molar-refractivity contribution in [3.05, 3.63) is 52.1 Å². The predicted octanol–water partition coefficient (Wildman–Crippen LogP) is 5.10. The van der Waals surface area contributed by atoms with Crippen molar-refractivity contribution in [3.8, 4) is 0 Å². The van der Waals surface area contributed by atoms with Crippen LogP contribution in [0.15, 0.2) is 36.5 Å². The van der Waals surface area contributed by atoms with Gasteiger partial charge in [-0.25, -0.2) is 4.98 Å². The number of nitrogens with one attached hydrogen (secondary N) is 2. The summed E-state index contributed by atoms with van der Waals surface area (Å²) in [7, 11) is 0. The summed E-state index contributed by atoms with van der Waals surface area (Å²) in [5.41, 5.74) is 1.03. The summed E-state index contributed by atoms with van der Waals surface area (Å²) >= 11 is 11.9. The molecule has 2 aromatic rings. The summed E-state index contributed by atoms with van der Waals surface area (Å²) in [4.78, 5) is 16.5. The maximum Gasteiger partial charge on any atom is 0.255 e. The van der Waals surface area contributed by atoms with Crippen LogP contribution in [0.2, 0.25) is 10.0 Å². The number of aromatic nitrogens is 1. The third-order valence-corrected chi connectivity index (χ3v) is 3.78. The van der Waals surface area contributed by atoms with Gasteiger partial charge in [0.05, 0.1) is 10.7 Å². The minimum Gasteiger partial charge on any atom is -0.370 e. The zero-order chi connectivity index (χ0) is 16.8. The second kappa shape index (κ2) is 8.18. The first-order valence-corrected chi connectivity index (χ1v) is 8.17. The van der Waals surface area contributed by atoms with Gasteiger partial charge in [0.1, 0.15) is 5.82 Å². The minimum absolute atomic E-state index is 0.247. The number of carbonyl (C=O) groups is 1. The van der Waals surface area contributed by atoms with E-state index in [2.05, 4.69) is 29.5 Å². The van der Waals surface area contributed by atoms with Gasteiger partial charge in [0, 0.05) is 23.3 Å². The molecule has 0 aliphatic carbocycles. The first-order chi connectivity index (χ1) is 11.0. The SMILES string of the molecule is CC(C)CCNc1cc(C(=O)Nc2ccc(Cl)cc2Cl)ccn1. The lowest BCUT2D eigenvalue weighted by Gasteiger charge is -2.10. The highest BCUT2D eigenvalue weighted by molar-refractivity contribution is 6.36. The second-order valence-corrected chi connectivity index (χ2v) is 6.46. The predicted molar refractivity (Wildman–Crippen MR) is 96.6 cm³/mol. The molecule has 0 saturated heterocycles. The molecular weight excluding hydrogens is 333 g/mol. The average molecular weight is 352 g/mol. The molecule has 0 fully saturated rings. The lowest BCUT2D eigenvalue weighted by Crippen LogP contribution is -2.13. The molecule has 6 heteroatoms. The fraction of sp³-hybridized carbons (Fsp3) is 0.294. The second-order valence-electron chi connectivity index (χ2n) is 5.62. The van der Waals surface area contributed by atoms with Gasteiger partial charge in [-0.05, 0) is 42.7 Å². The zero-order valence-electron chi connectivity index (χ0n) is 13.1. The van der Waals surface area contributed by atoms with E-state index in [-0.39, 0.29) is 5.91 Å². The Kier molecular flexibility index (Phi) is 6.25. The molecule has 1 heterocycles. The quantitative estimate of drug-likeness (QED) is 0.761. The Morgan fingerprint density at radius 3 is 2.70 bits per heavy atom. The molecule has 0 bridgehead atoms. The molecule has 0 atom stereocenters. The third kappa shape index (κ3) is 5.41. The van der Waals surface area contributed by atoms with E-state index in [1.165, 1.54) is 0 Å². The van der Waals surface area contributed by atoms with Crippen LogP contribution in [-0.4, -0.2) is 17.4 Å². The number of halogens is 2. The third-order valence-electron chi connectivity index (χ3n) is 3.23. The van der Waals surface area contributed by atoms with E-state index < -0.39 is 0 Å². The van der Waals surface area contributed by atoms with Crippen molar-refractivity contribution in [2.75, 3.05) is 17.2 Å². The number of rotatable bonds is 6. The molecular formula is C17H19Cl2N3O. The van der Waals surface area contributed by atoms with Gasteiger partial charge in [-0.3, -0.25) is 4.79 Å². The van der Waals surface area contributed by atoms with E-state index in [0.717, 1.165) is 13.0 Å². The van der Waals surface area contributed by atoms with Gasteiger partial charge >= 0.3 is 0 Å².